The largest absolute Gasteiger partial charge is 0.347 e. The van der Waals surface area contributed by atoms with E-state index < -0.39 is 17.5 Å². The van der Waals surface area contributed by atoms with Crippen LogP contribution in [0.25, 0.3) is 0 Å². The highest BCUT2D eigenvalue weighted by molar-refractivity contribution is 5.93. The van der Waals surface area contributed by atoms with Crippen molar-refractivity contribution in [3.05, 3.63) is 35.4 Å². The van der Waals surface area contributed by atoms with Gasteiger partial charge in [0.25, 0.3) is 0 Å². The van der Waals surface area contributed by atoms with Gasteiger partial charge in [0.15, 0.2) is 0 Å². The quantitative estimate of drug-likeness (QED) is 0.593. The van der Waals surface area contributed by atoms with E-state index in [-0.39, 0.29) is 35.6 Å². The Morgan fingerprint density at radius 3 is 2.43 bits per heavy atom. The molecule has 6 heteroatoms. The number of carbonyl (C=O) groups is 3. The lowest BCUT2D eigenvalue weighted by molar-refractivity contribution is -0.144. The van der Waals surface area contributed by atoms with Gasteiger partial charge in [-0.25, -0.2) is 0 Å². The normalized spacial score (nSPS) is 24.0. The summed E-state index contributed by atoms with van der Waals surface area (Å²) in [5, 5.41) is 6.31. The molecule has 0 bridgehead atoms. The number of nitrogens with zero attached hydrogens (tertiary/aromatic N) is 1. The standard InChI is InChI=1S/C29H45N3O3/c1-8-19(4)26(33)31-25(29(5,6)7)28(35)32-17-21(18(2)3)16-24(32)27(34)30-23-15-11-13-20-12-9-10-14-22(20)23/h9-10,12,14,18-19,21,23-25H,8,11,13,15-17H2,1-7H3,(H,30,34)(H,31,33)/t19-,21+,23-,24+,25-/m1/s1. The van der Waals surface area contributed by atoms with Crippen LogP contribution in [0.1, 0.15) is 91.3 Å². The average Bonchev–Trinajstić information content (AvgIpc) is 3.27. The zero-order valence-electron chi connectivity index (χ0n) is 22.7. The first-order valence-electron chi connectivity index (χ1n) is 13.4. The highest BCUT2D eigenvalue weighted by atomic mass is 16.2. The highest BCUT2D eigenvalue weighted by Crippen LogP contribution is 2.34. The number of likely N-dealkylation sites (tertiary alicyclic amines) is 1. The van der Waals surface area contributed by atoms with Gasteiger partial charge < -0.3 is 15.5 Å². The molecular weight excluding hydrogens is 438 g/mol. The summed E-state index contributed by atoms with van der Waals surface area (Å²) in [6.07, 6.45) is 4.35. The number of hydrogen-bond acceptors (Lipinski definition) is 3. The molecule has 0 aromatic heterocycles. The number of nitrogens with one attached hydrogen (secondary N) is 2. The second-order valence-corrected chi connectivity index (χ2v) is 12.0. The summed E-state index contributed by atoms with van der Waals surface area (Å²) in [5.41, 5.74) is 2.01. The van der Waals surface area contributed by atoms with E-state index in [2.05, 4.69) is 36.6 Å². The molecule has 0 unspecified atom stereocenters. The minimum absolute atomic E-state index is 0.0222. The summed E-state index contributed by atoms with van der Waals surface area (Å²) < 4.78 is 0. The van der Waals surface area contributed by atoms with Crippen molar-refractivity contribution in [1.29, 1.82) is 0 Å². The smallest absolute Gasteiger partial charge is 0.246 e. The van der Waals surface area contributed by atoms with Crippen LogP contribution in [-0.4, -0.2) is 41.2 Å². The Morgan fingerprint density at radius 1 is 1.11 bits per heavy atom. The second kappa shape index (κ2) is 11.1. The third kappa shape index (κ3) is 6.25. The number of aryl methyl sites for hydroxylation is 1. The van der Waals surface area contributed by atoms with Crippen molar-refractivity contribution in [2.45, 2.75) is 98.7 Å². The van der Waals surface area contributed by atoms with Crippen molar-refractivity contribution >= 4 is 17.7 Å². The van der Waals surface area contributed by atoms with E-state index in [9.17, 15) is 14.4 Å². The molecular formula is C29H45N3O3. The van der Waals surface area contributed by atoms with Gasteiger partial charge in [-0.2, -0.15) is 0 Å². The lowest BCUT2D eigenvalue weighted by atomic mass is 9.85. The molecule has 1 aliphatic heterocycles. The first-order chi connectivity index (χ1) is 16.4. The van der Waals surface area contributed by atoms with Gasteiger partial charge in [0, 0.05) is 12.5 Å². The van der Waals surface area contributed by atoms with Gasteiger partial charge in [-0.1, -0.05) is 72.7 Å². The number of benzene rings is 1. The molecule has 0 radical (unpaired) electrons. The van der Waals surface area contributed by atoms with Gasteiger partial charge in [-0.3, -0.25) is 14.4 Å². The summed E-state index contributed by atoms with van der Waals surface area (Å²) in [7, 11) is 0. The maximum atomic E-state index is 13.9. The molecule has 1 aromatic rings. The molecule has 0 spiro atoms. The molecule has 1 saturated heterocycles. The Kier molecular flexibility index (Phi) is 8.66. The van der Waals surface area contributed by atoms with E-state index in [1.54, 1.807) is 4.90 Å². The summed E-state index contributed by atoms with van der Waals surface area (Å²) in [6.45, 7) is 14.6. The average molecular weight is 484 g/mol. The van der Waals surface area contributed by atoms with E-state index >= 15 is 0 Å². The van der Waals surface area contributed by atoms with Crippen LogP contribution < -0.4 is 10.6 Å². The van der Waals surface area contributed by atoms with Crippen LogP contribution in [0.5, 0.6) is 0 Å². The lowest BCUT2D eigenvalue weighted by Crippen LogP contribution is -2.58. The molecule has 3 rings (SSSR count). The van der Waals surface area contributed by atoms with Crippen LogP contribution in [-0.2, 0) is 20.8 Å². The van der Waals surface area contributed by atoms with Crippen molar-refractivity contribution in [2.75, 3.05) is 6.54 Å². The van der Waals surface area contributed by atoms with Crippen LogP contribution >= 0.6 is 0 Å². The predicted molar refractivity (Wildman–Crippen MR) is 140 cm³/mol. The van der Waals surface area contributed by atoms with Crippen molar-refractivity contribution in [3.8, 4) is 0 Å². The third-order valence-electron chi connectivity index (χ3n) is 8.01. The van der Waals surface area contributed by atoms with Crippen molar-refractivity contribution in [3.63, 3.8) is 0 Å². The zero-order chi connectivity index (χ0) is 25.9. The number of fused-ring (bicyclic) bond motifs is 1. The zero-order valence-corrected chi connectivity index (χ0v) is 22.7. The Morgan fingerprint density at radius 2 is 1.80 bits per heavy atom. The Hall–Kier alpha value is -2.37. The highest BCUT2D eigenvalue weighted by Gasteiger charge is 2.46. The first kappa shape index (κ1) is 27.2. The fourth-order valence-electron chi connectivity index (χ4n) is 5.30. The molecule has 6 nitrogen and oxygen atoms in total. The number of amides is 3. The second-order valence-electron chi connectivity index (χ2n) is 12.0. The summed E-state index contributed by atoms with van der Waals surface area (Å²) >= 11 is 0. The Bertz CT molecular complexity index is 920. The molecule has 0 saturated carbocycles. The van der Waals surface area contributed by atoms with Gasteiger partial charge in [0.2, 0.25) is 17.7 Å². The summed E-state index contributed by atoms with van der Waals surface area (Å²) in [4.78, 5) is 42.1. The molecule has 1 heterocycles. The van der Waals surface area contributed by atoms with Gasteiger partial charge in [0.1, 0.15) is 12.1 Å². The molecule has 5 atom stereocenters. The van der Waals surface area contributed by atoms with Crippen LogP contribution in [0.4, 0.5) is 0 Å². The van der Waals surface area contributed by atoms with E-state index in [4.69, 9.17) is 0 Å². The van der Waals surface area contributed by atoms with Crippen LogP contribution in [0.3, 0.4) is 0 Å². The molecule has 194 valence electrons. The van der Waals surface area contributed by atoms with Crippen molar-refractivity contribution in [2.24, 2.45) is 23.2 Å². The first-order valence-corrected chi connectivity index (χ1v) is 13.4. The van der Waals surface area contributed by atoms with Crippen LogP contribution in [0.2, 0.25) is 0 Å². The minimum atomic E-state index is -0.680. The van der Waals surface area contributed by atoms with Crippen molar-refractivity contribution < 1.29 is 14.4 Å². The maximum absolute atomic E-state index is 13.9. The molecule has 2 aliphatic rings. The van der Waals surface area contributed by atoms with Crippen LogP contribution in [0.15, 0.2) is 24.3 Å². The SMILES string of the molecule is CC[C@@H](C)C(=O)N[C@H](C(=O)N1C[C@@H](C(C)C)C[C@H]1C(=O)N[C@@H]1CCCc2ccccc21)C(C)(C)C. The van der Waals surface area contributed by atoms with Crippen LogP contribution in [0, 0.1) is 23.2 Å². The number of hydrogen-bond donors (Lipinski definition) is 2. The summed E-state index contributed by atoms with van der Waals surface area (Å²) in [5.74, 6) is 0.103. The maximum Gasteiger partial charge on any atom is 0.246 e. The van der Waals surface area contributed by atoms with Crippen molar-refractivity contribution in [1.82, 2.24) is 15.5 Å². The summed E-state index contributed by atoms with van der Waals surface area (Å²) in [6, 6.07) is 7.10. The molecule has 1 aliphatic carbocycles. The Balaban J connectivity index is 1.84. The fraction of sp³-hybridized carbons (Fsp3) is 0.690. The molecule has 1 aromatic carbocycles. The van der Waals surface area contributed by atoms with Gasteiger partial charge >= 0.3 is 0 Å². The van der Waals surface area contributed by atoms with E-state index in [0.717, 1.165) is 19.3 Å². The predicted octanol–water partition coefficient (Wildman–Crippen LogP) is 4.63. The number of rotatable bonds is 7. The number of carbonyl (C=O) groups excluding carboxylic acids is 3. The van der Waals surface area contributed by atoms with E-state index in [1.165, 1.54) is 11.1 Å². The van der Waals surface area contributed by atoms with Gasteiger partial charge in [0.05, 0.1) is 6.04 Å². The third-order valence-corrected chi connectivity index (χ3v) is 8.01. The van der Waals surface area contributed by atoms with Gasteiger partial charge in [-0.15, -0.1) is 0 Å². The molecule has 35 heavy (non-hydrogen) atoms. The fourth-order valence-corrected chi connectivity index (χ4v) is 5.30. The van der Waals surface area contributed by atoms with Gasteiger partial charge in [-0.05, 0) is 60.5 Å². The van der Waals surface area contributed by atoms with E-state index in [0.29, 0.717) is 25.3 Å². The topological polar surface area (TPSA) is 78.5 Å². The minimum Gasteiger partial charge on any atom is -0.347 e. The molecule has 3 amide bonds. The molecule has 1 fully saturated rings. The lowest BCUT2D eigenvalue weighted by Gasteiger charge is -2.36. The Labute approximate surface area is 211 Å². The monoisotopic (exact) mass is 483 g/mol. The van der Waals surface area contributed by atoms with E-state index in [1.807, 2.05) is 46.8 Å². The molecule has 2 N–H and O–H groups in total.